The van der Waals surface area contributed by atoms with E-state index in [1.165, 1.54) is 21.6 Å². The van der Waals surface area contributed by atoms with Gasteiger partial charge in [-0.25, -0.2) is 14.2 Å². The van der Waals surface area contributed by atoms with E-state index < -0.39 is 23.4 Å². The minimum absolute atomic E-state index is 0.0809. The van der Waals surface area contributed by atoms with Crippen LogP contribution in [0.2, 0.25) is 0 Å². The predicted octanol–water partition coefficient (Wildman–Crippen LogP) is 2.59. The maximum absolute atomic E-state index is 13.8. The summed E-state index contributed by atoms with van der Waals surface area (Å²) in [5.41, 5.74) is -0.356. The zero-order valence-electron chi connectivity index (χ0n) is 14.0. The third kappa shape index (κ3) is 3.92. The fraction of sp³-hybridized carbons (Fsp3) is 0.438. The van der Waals surface area contributed by atoms with Gasteiger partial charge in [0.05, 0.1) is 6.04 Å². The van der Waals surface area contributed by atoms with Crippen LogP contribution in [-0.2, 0) is 4.74 Å². The van der Waals surface area contributed by atoms with Gasteiger partial charge in [-0.05, 0) is 42.8 Å². The first-order chi connectivity index (χ1) is 11.6. The maximum atomic E-state index is 13.8. The fourth-order valence-electron chi connectivity index (χ4n) is 2.44. The monoisotopic (exact) mass is 412 g/mol. The molecular weight excluding hydrogens is 395 g/mol. The summed E-state index contributed by atoms with van der Waals surface area (Å²) in [5.74, 6) is -0.929. The number of rotatable bonds is 2. The number of hydrogen-bond acceptors (Lipinski definition) is 4. The summed E-state index contributed by atoms with van der Waals surface area (Å²) >= 11 is 3.19. The van der Waals surface area contributed by atoms with E-state index >= 15 is 0 Å². The number of nitrogens with zero attached hydrogens (tertiary/aromatic N) is 3. The topological polar surface area (TPSA) is 75.9 Å². The molecule has 3 rings (SSSR count). The Kier molecular flexibility index (Phi) is 4.44. The molecule has 2 aromatic heterocycles. The second-order valence-electron chi connectivity index (χ2n) is 6.92. The van der Waals surface area contributed by atoms with Gasteiger partial charge >= 0.3 is 6.09 Å². The number of pyridine rings is 1. The molecule has 0 aromatic carbocycles. The Morgan fingerprint density at radius 1 is 1.36 bits per heavy atom. The number of fused-ring (bicyclic) bond motifs is 1. The Balaban J connectivity index is 1.59. The average molecular weight is 413 g/mol. The van der Waals surface area contributed by atoms with Crippen molar-refractivity contribution in [1.82, 2.24) is 19.6 Å². The van der Waals surface area contributed by atoms with Gasteiger partial charge in [0.1, 0.15) is 11.3 Å². The van der Waals surface area contributed by atoms with Crippen LogP contribution in [0.1, 0.15) is 31.3 Å². The molecule has 9 heteroatoms. The minimum atomic E-state index is -0.555. The summed E-state index contributed by atoms with van der Waals surface area (Å²) in [6.45, 7) is 6.13. The molecular formula is C16H18BrFN4O3. The third-order valence-electron chi connectivity index (χ3n) is 3.57. The van der Waals surface area contributed by atoms with Gasteiger partial charge in [-0.1, -0.05) is 0 Å². The summed E-state index contributed by atoms with van der Waals surface area (Å²) in [4.78, 5) is 29.6. The molecule has 0 unspecified atom stereocenters. The van der Waals surface area contributed by atoms with Crippen molar-refractivity contribution in [3.8, 4) is 0 Å². The molecule has 0 saturated carbocycles. The van der Waals surface area contributed by atoms with Crippen LogP contribution in [-0.4, -0.2) is 51.0 Å². The van der Waals surface area contributed by atoms with Gasteiger partial charge < -0.3 is 19.4 Å². The molecule has 25 heavy (non-hydrogen) atoms. The molecule has 0 spiro atoms. The number of hydrogen-bond donors (Lipinski definition) is 1. The standard InChI is InChI=1S/C16H18BrFN4O3/c1-16(2,3)25-15(24)22-6-10(7-22)19-14(23)12-8-21-5-9(17)4-11(18)13(21)20-12/h4-5,8,10H,6-7H2,1-3H3,(H,19,23). The predicted molar refractivity (Wildman–Crippen MR) is 91.9 cm³/mol. The third-order valence-corrected chi connectivity index (χ3v) is 4.01. The van der Waals surface area contributed by atoms with Crippen LogP contribution in [0.15, 0.2) is 22.9 Å². The summed E-state index contributed by atoms with van der Waals surface area (Å²) in [6.07, 6.45) is 2.68. The van der Waals surface area contributed by atoms with Crippen molar-refractivity contribution in [2.24, 2.45) is 0 Å². The van der Waals surface area contributed by atoms with Crippen molar-refractivity contribution in [1.29, 1.82) is 0 Å². The zero-order chi connectivity index (χ0) is 18.4. The van der Waals surface area contributed by atoms with Crippen molar-refractivity contribution in [2.75, 3.05) is 13.1 Å². The summed E-state index contributed by atoms with van der Waals surface area (Å²) in [5, 5.41) is 2.78. The van der Waals surface area contributed by atoms with Gasteiger partial charge in [-0.3, -0.25) is 4.79 Å². The van der Waals surface area contributed by atoms with Crippen LogP contribution in [0.4, 0.5) is 9.18 Å². The number of amides is 2. The molecule has 134 valence electrons. The lowest BCUT2D eigenvalue weighted by molar-refractivity contribution is 0.00531. The minimum Gasteiger partial charge on any atom is -0.444 e. The molecule has 1 saturated heterocycles. The molecule has 0 aliphatic carbocycles. The second-order valence-corrected chi connectivity index (χ2v) is 7.83. The number of ether oxygens (including phenoxy) is 1. The number of carbonyl (C=O) groups is 2. The number of nitrogens with one attached hydrogen (secondary N) is 1. The Morgan fingerprint density at radius 2 is 2.04 bits per heavy atom. The SMILES string of the molecule is CC(C)(C)OC(=O)N1CC(NC(=O)c2cn3cc(Br)cc(F)c3n2)C1. The average Bonchev–Trinajstić information content (AvgIpc) is 2.84. The van der Waals surface area contributed by atoms with Crippen molar-refractivity contribution >= 4 is 33.6 Å². The molecule has 1 fully saturated rings. The number of imidazole rings is 1. The Bertz CT molecular complexity index is 840. The first kappa shape index (κ1) is 17.7. The highest BCUT2D eigenvalue weighted by molar-refractivity contribution is 9.10. The van der Waals surface area contributed by atoms with E-state index in [0.29, 0.717) is 17.6 Å². The normalized spacial score (nSPS) is 15.2. The highest BCUT2D eigenvalue weighted by Crippen LogP contribution is 2.18. The molecule has 0 bridgehead atoms. The van der Waals surface area contributed by atoms with E-state index in [9.17, 15) is 14.0 Å². The molecule has 2 aromatic rings. The van der Waals surface area contributed by atoms with E-state index in [1.54, 1.807) is 27.0 Å². The second kappa shape index (κ2) is 6.29. The first-order valence-electron chi connectivity index (χ1n) is 7.75. The van der Waals surface area contributed by atoms with Crippen LogP contribution in [0.5, 0.6) is 0 Å². The number of aromatic nitrogens is 2. The quantitative estimate of drug-likeness (QED) is 0.822. The van der Waals surface area contributed by atoms with E-state index in [4.69, 9.17) is 4.74 Å². The summed E-state index contributed by atoms with van der Waals surface area (Å²) in [6, 6.07) is 1.11. The Hall–Kier alpha value is -2.16. The van der Waals surface area contributed by atoms with Gasteiger partial charge in [0.15, 0.2) is 11.5 Å². The van der Waals surface area contributed by atoms with Crippen molar-refractivity contribution in [2.45, 2.75) is 32.4 Å². The van der Waals surface area contributed by atoms with E-state index in [1.807, 2.05) is 0 Å². The van der Waals surface area contributed by atoms with Crippen LogP contribution >= 0.6 is 15.9 Å². The molecule has 0 radical (unpaired) electrons. The lowest BCUT2D eigenvalue weighted by Crippen LogP contribution is -2.61. The molecule has 7 nitrogen and oxygen atoms in total. The number of carbonyl (C=O) groups excluding carboxylic acids is 2. The molecule has 1 N–H and O–H groups in total. The molecule has 3 heterocycles. The smallest absolute Gasteiger partial charge is 0.410 e. The highest BCUT2D eigenvalue weighted by Gasteiger charge is 2.35. The van der Waals surface area contributed by atoms with Gasteiger partial charge in [-0.2, -0.15) is 0 Å². The number of halogens is 2. The van der Waals surface area contributed by atoms with Crippen molar-refractivity contribution < 1.29 is 18.7 Å². The lowest BCUT2D eigenvalue weighted by Gasteiger charge is -2.39. The van der Waals surface area contributed by atoms with Crippen LogP contribution in [0, 0.1) is 5.82 Å². The molecule has 1 aliphatic rings. The molecule has 0 atom stereocenters. The first-order valence-corrected chi connectivity index (χ1v) is 8.54. The maximum Gasteiger partial charge on any atom is 0.410 e. The van der Waals surface area contributed by atoms with Gasteiger partial charge in [0.2, 0.25) is 0 Å². The fourth-order valence-corrected chi connectivity index (χ4v) is 2.86. The summed E-state index contributed by atoms with van der Waals surface area (Å²) in [7, 11) is 0. The van der Waals surface area contributed by atoms with E-state index in [-0.39, 0.29) is 17.4 Å². The van der Waals surface area contributed by atoms with Crippen molar-refractivity contribution in [3.05, 3.63) is 34.4 Å². The van der Waals surface area contributed by atoms with Gasteiger partial charge in [0.25, 0.3) is 5.91 Å². The van der Waals surface area contributed by atoms with Crippen molar-refractivity contribution in [3.63, 3.8) is 0 Å². The van der Waals surface area contributed by atoms with Gasteiger partial charge in [0, 0.05) is 30.0 Å². The van der Waals surface area contributed by atoms with Crippen LogP contribution in [0.3, 0.4) is 0 Å². The molecule has 2 amide bonds. The zero-order valence-corrected chi connectivity index (χ0v) is 15.6. The largest absolute Gasteiger partial charge is 0.444 e. The van der Waals surface area contributed by atoms with E-state index in [2.05, 4.69) is 26.2 Å². The van der Waals surface area contributed by atoms with Crippen LogP contribution < -0.4 is 5.32 Å². The number of likely N-dealkylation sites (tertiary alicyclic amines) is 1. The van der Waals surface area contributed by atoms with E-state index in [0.717, 1.165) is 0 Å². The van der Waals surface area contributed by atoms with Crippen LogP contribution in [0.25, 0.3) is 5.65 Å². The molecule has 1 aliphatic heterocycles. The Labute approximate surface area is 152 Å². The highest BCUT2D eigenvalue weighted by atomic mass is 79.9. The summed E-state index contributed by atoms with van der Waals surface area (Å²) < 4.78 is 21.1. The Morgan fingerprint density at radius 3 is 2.68 bits per heavy atom. The van der Waals surface area contributed by atoms with Gasteiger partial charge in [-0.15, -0.1) is 0 Å². The lowest BCUT2D eigenvalue weighted by atomic mass is 10.1.